The Labute approximate surface area is 114 Å². The minimum absolute atomic E-state index is 0.554. The molecule has 0 bridgehead atoms. The Morgan fingerprint density at radius 3 is 2.89 bits per heavy atom. The molecule has 0 atom stereocenters. The predicted octanol–water partition coefficient (Wildman–Crippen LogP) is 2.84. The number of rotatable bonds is 3. The van der Waals surface area contributed by atoms with Gasteiger partial charge in [0.25, 0.3) is 0 Å². The maximum absolute atomic E-state index is 6.04. The van der Waals surface area contributed by atoms with Crippen molar-refractivity contribution in [2.24, 2.45) is 0 Å². The van der Waals surface area contributed by atoms with Gasteiger partial charge in [-0.05, 0) is 18.6 Å². The van der Waals surface area contributed by atoms with Gasteiger partial charge in [0.15, 0.2) is 5.65 Å². The number of imidazole rings is 1. The standard InChI is InChI=1S/C13H14N4OS/c1-3-7-6-8(11(14)19-7)12-15-9-4-5-10(18-2)16-13(9)17-12/h4-6H,3,14H2,1-2H3,(H,15,16,17). The van der Waals surface area contributed by atoms with Crippen LogP contribution in [0.4, 0.5) is 5.00 Å². The SMILES string of the molecule is CCc1cc(-c2nc3nc(OC)ccc3[nH]2)c(N)s1. The van der Waals surface area contributed by atoms with Crippen LogP contribution in [0, 0.1) is 0 Å². The van der Waals surface area contributed by atoms with E-state index in [2.05, 4.69) is 27.9 Å². The van der Waals surface area contributed by atoms with Crippen LogP contribution in [0.2, 0.25) is 0 Å². The molecule has 3 rings (SSSR count). The molecule has 0 saturated heterocycles. The third-order valence-corrected chi connectivity index (χ3v) is 4.05. The molecule has 0 unspecified atom stereocenters. The lowest BCUT2D eigenvalue weighted by Crippen LogP contribution is -1.86. The number of nitrogens with two attached hydrogens (primary N) is 1. The summed E-state index contributed by atoms with van der Waals surface area (Å²) < 4.78 is 5.09. The van der Waals surface area contributed by atoms with Gasteiger partial charge in [-0.15, -0.1) is 11.3 Å². The zero-order chi connectivity index (χ0) is 13.4. The molecular weight excluding hydrogens is 260 g/mol. The number of nitrogens with one attached hydrogen (secondary N) is 1. The summed E-state index contributed by atoms with van der Waals surface area (Å²) in [6.07, 6.45) is 0.973. The molecule has 98 valence electrons. The Bertz CT molecular complexity index is 731. The van der Waals surface area contributed by atoms with Crippen molar-refractivity contribution in [1.29, 1.82) is 0 Å². The number of hydrogen-bond donors (Lipinski definition) is 2. The van der Waals surface area contributed by atoms with Crippen molar-refractivity contribution in [1.82, 2.24) is 15.0 Å². The highest BCUT2D eigenvalue weighted by Gasteiger charge is 2.13. The fourth-order valence-corrected chi connectivity index (χ4v) is 2.80. The number of aromatic nitrogens is 3. The molecule has 6 heteroatoms. The molecule has 0 aromatic carbocycles. The maximum Gasteiger partial charge on any atom is 0.215 e. The number of H-pyrrole nitrogens is 1. The lowest BCUT2D eigenvalue weighted by atomic mass is 10.2. The van der Waals surface area contributed by atoms with E-state index < -0.39 is 0 Å². The number of anilines is 1. The second-order valence-corrected chi connectivity index (χ2v) is 5.32. The van der Waals surface area contributed by atoms with Gasteiger partial charge in [0.1, 0.15) is 5.82 Å². The number of thiophene rings is 1. The van der Waals surface area contributed by atoms with Gasteiger partial charge in [-0.2, -0.15) is 4.98 Å². The summed E-state index contributed by atoms with van der Waals surface area (Å²) in [5.41, 5.74) is 8.50. The van der Waals surface area contributed by atoms with Crippen molar-refractivity contribution in [2.75, 3.05) is 12.8 Å². The van der Waals surface area contributed by atoms with E-state index in [1.54, 1.807) is 24.5 Å². The summed E-state index contributed by atoms with van der Waals surface area (Å²) in [6, 6.07) is 5.79. The normalized spacial score (nSPS) is 11.1. The van der Waals surface area contributed by atoms with Gasteiger partial charge in [-0.1, -0.05) is 6.92 Å². The van der Waals surface area contributed by atoms with Gasteiger partial charge in [0, 0.05) is 10.9 Å². The number of nitrogens with zero attached hydrogens (tertiary/aromatic N) is 2. The van der Waals surface area contributed by atoms with Gasteiger partial charge in [0.05, 0.1) is 23.2 Å². The van der Waals surface area contributed by atoms with Crippen LogP contribution in [0.15, 0.2) is 18.2 Å². The Morgan fingerprint density at radius 2 is 2.21 bits per heavy atom. The number of pyridine rings is 1. The van der Waals surface area contributed by atoms with Crippen LogP contribution in [0.5, 0.6) is 5.88 Å². The van der Waals surface area contributed by atoms with E-state index in [0.717, 1.165) is 28.3 Å². The van der Waals surface area contributed by atoms with Gasteiger partial charge >= 0.3 is 0 Å². The smallest absolute Gasteiger partial charge is 0.215 e. The maximum atomic E-state index is 6.04. The first-order valence-corrected chi connectivity index (χ1v) is 6.82. The lowest BCUT2D eigenvalue weighted by molar-refractivity contribution is 0.399. The third kappa shape index (κ3) is 2.04. The van der Waals surface area contributed by atoms with Crippen molar-refractivity contribution in [2.45, 2.75) is 13.3 Å². The van der Waals surface area contributed by atoms with E-state index in [9.17, 15) is 0 Å². The third-order valence-electron chi connectivity index (χ3n) is 2.94. The van der Waals surface area contributed by atoms with Crippen LogP contribution < -0.4 is 10.5 Å². The number of aryl methyl sites for hydroxylation is 1. The summed E-state index contributed by atoms with van der Waals surface area (Å²) >= 11 is 1.60. The first kappa shape index (κ1) is 12.0. The van der Waals surface area contributed by atoms with Gasteiger partial charge in [-0.25, -0.2) is 4.98 Å². The first-order chi connectivity index (χ1) is 9.21. The highest BCUT2D eigenvalue weighted by molar-refractivity contribution is 7.16. The number of fused-ring (bicyclic) bond motifs is 1. The molecule has 3 heterocycles. The van der Waals surface area contributed by atoms with E-state index in [4.69, 9.17) is 10.5 Å². The van der Waals surface area contributed by atoms with Gasteiger partial charge in [0.2, 0.25) is 5.88 Å². The molecule has 0 aliphatic heterocycles. The number of ether oxygens (including phenoxy) is 1. The zero-order valence-corrected chi connectivity index (χ0v) is 11.5. The van der Waals surface area contributed by atoms with Gasteiger partial charge in [-0.3, -0.25) is 0 Å². The minimum Gasteiger partial charge on any atom is -0.481 e. The topological polar surface area (TPSA) is 76.8 Å². The van der Waals surface area contributed by atoms with E-state index in [1.165, 1.54) is 4.88 Å². The van der Waals surface area contributed by atoms with E-state index in [-0.39, 0.29) is 0 Å². The lowest BCUT2D eigenvalue weighted by Gasteiger charge is -1.95. The number of aromatic amines is 1. The molecule has 19 heavy (non-hydrogen) atoms. The second-order valence-electron chi connectivity index (χ2n) is 4.15. The Kier molecular flexibility index (Phi) is 2.87. The van der Waals surface area contributed by atoms with E-state index in [1.807, 2.05) is 6.07 Å². The number of nitrogen functional groups attached to an aromatic ring is 1. The first-order valence-electron chi connectivity index (χ1n) is 6.00. The van der Waals surface area contributed by atoms with Crippen molar-refractivity contribution in [3.63, 3.8) is 0 Å². The summed E-state index contributed by atoms with van der Waals surface area (Å²) in [5.74, 6) is 1.31. The molecule has 3 N–H and O–H groups in total. The van der Waals surface area contributed by atoms with Crippen molar-refractivity contribution < 1.29 is 4.74 Å². The highest BCUT2D eigenvalue weighted by Crippen LogP contribution is 2.33. The van der Waals surface area contributed by atoms with Crippen molar-refractivity contribution in [3.05, 3.63) is 23.1 Å². The van der Waals surface area contributed by atoms with Crippen molar-refractivity contribution >= 4 is 27.5 Å². The van der Waals surface area contributed by atoms with Crippen LogP contribution in [0.1, 0.15) is 11.8 Å². The summed E-state index contributed by atoms with van der Waals surface area (Å²) in [7, 11) is 1.59. The molecule has 0 saturated carbocycles. The molecule has 0 aliphatic rings. The minimum atomic E-state index is 0.554. The molecule has 0 radical (unpaired) electrons. The molecule has 5 nitrogen and oxygen atoms in total. The molecular formula is C13H14N4OS. The zero-order valence-electron chi connectivity index (χ0n) is 10.7. The Balaban J connectivity index is 2.11. The van der Waals surface area contributed by atoms with Crippen LogP contribution in [0.25, 0.3) is 22.6 Å². The highest BCUT2D eigenvalue weighted by atomic mass is 32.1. The molecule has 3 aromatic rings. The molecule has 0 spiro atoms. The van der Waals surface area contributed by atoms with E-state index >= 15 is 0 Å². The monoisotopic (exact) mass is 274 g/mol. The van der Waals surface area contributed by atoms with Crippen LogP contribution >= 0.6 is 11.3 Å². The van der Waals surface area contributed by atoms with Crippen LogP contribution in [-0.2, 0) is 6.42 Å². The molecule has 3 aromatic heterocycles. The Hall–Kier alpha value is -2.08. The molecule has 0 amide bonds. The predicted molar refractivity (Wildman–Crippen MR) is 77.5 cm³/mol. The summed E-state index contributed by atoms with van der Waals surface area (Å²) in [5, 5.41) is 0.780. The van der Waals surface area contributed by atoms with E-state index in [0.29, 0.717) is 11.5 Å². The molecule has 0 aliphatic carbocycles. The quantitative estimate of drug-likeness (QED) is 0.770. The summed E-state index contributed by atoms with van der Waals surface area (Å²) in [4.78, 5) is 13.3. The van der Waals surface area contributed by atoms with Gasteiger partial charge < -0.3 is 15.5 Å². The van der Waals surface area contributed by atoms with Crippen molar-refractivity contribution in [3.8, 4) is 17.3 Å². The summed E-state index contributed by atoms with van der Waals surface area (Å²) in [6.45, 7) is 2.11. The average molecular weight is 274 g/mol. The largest absolute Gasteiger partial charge is 0.481 e. The average Bonchev–Trinajstić information content (AvgIpc) is 3.00. The number of methoxy groups -OCH3 is 1. The molecule has 0 fully saturated rings. The van der Waals surface area contributed by atoms with Crippen LogP contribution in [0.3, 0.4) is 0 Å². The Morgan fingerprint density at radius 1 is 1.37 bits per heavy atom. The van der Waals surface area contributed by atoms with Crippen LogP contribution in [-0.4, -0.2) is 22.1 Å². The number of hydrogen-bond acceptors (Lipinski definition) is 5. The fraction of sp³-hybridized carbons (Fsp3) is 0.231. The second kappa shape index (κ2) is 4.55. The fourth-order valence-electron chi connectivity index (χ4n) is 1.93.